The van der Waals surface area contributed by atoms with Crippen molar-refractivity contribution < 1.29 is 68.3 Å². The summed E-state index contributed by atoms with van der Waals surface area (Å²) in [7, 11) is 7.89. The number of likely N-dealkylation sites (N-methyl/N-ethyl adjacent to an activating group) is 1. The zero-order valence-electron chi connectivity index (χ0n) is 30.6. The van der Waals surface area contributed by atoms with Gasteiger partial charge in [0.05, 0.1) is 40.5 Å². The average Bonchev–Trinajstić information content (AvgIpc) is 3.05. The fourth-order valence-corrected chi connectivity index (χ4v) is 9.20. The van der Waals surface area contributed by atoms with Crippen LogP contribution in [-0.4, -0.2) is 138 Å². The van der Waals surface area contributed by atoms with Crippen molar-refractivity contribution in [3.63, 3.8) is 0 Å². The van der Waals surface area contributed by atoms with Gasteiger partial charge in [-0.2, -0.15) is 0 Å². The lowest BCUT2D eigenvalue weighted by Gasteiger charge is -2.53. The number of carbonyl (C=O) groups excluding carboxylic acids is 2. The molecule has 52 heavy (non-hydrogen) atoms. The van der Waals surface area contributed by atoms with E-state index in [-0.39, 0.29) is 46.4 Å². The molecule has 2 aromatic rings. The number of methoxy groups -OCH3 is 3. The van der Waals surface area contributed by atoms with E-state index < -0.39 is 101 Å². The zero-order chi connectivity index (χ0) is 38.0. The molecule has 2 saturated heterocycles. The number of aromatic hydroxyl groups is 2. The van der Waals surface area contributed by atoms with Gasteiger partial charge in [-0.1, -0.05) is 0 Å². The zero-order valence-corrected chi connectivity index (χ0v) is 30.6. The Bertz CT molecular complexity index is 1830. The number of phenolic OH excluding ortho intramolecular Hbond substituents is 2. The number of hydrogen-bond donors (Lipinski definition) is 5. The van der Waals surface area contributed by atoms with Gasteiger partial charge >= 0.3 is 0 Å². The molecule has 5 aliphatic rings. The van der Waals surface area contributed by atoms with Gasteiger partial charge in [0.15, 0.2) is 12.1 Å². The second-order valence-electron chi connectivity index (χ2n) is 15.4. The van der Waals surface area contributed by atoms with E-state index in [9.17, 15) is 35.1 Å². The summed E-state index contributed by atoms with van der Waals surface area (Å²) in [5, 5.41) is 57.4. The summed E-state index contributed by atoms with van der Waals surface area (Å²) < 4.78 is 42.2. The van der Waals surface area contributed by atoms with E-state index in [2.05, 4.69) is 0 Å². The topological polar surface area (TPSA) is 203 Å². The molecule has 0 amide bonds. The largest absolute Gasteiger partial charge is 0.507 e. The van der Waals surface area contributed by atoms with Gasteiger partial charge in [0.1, 0.15) is 52.9 Å². The number of fused-ring (bicyclic) bond motifs is 8. The minimum absolute atomic E-state index is 0.00146. The van der Waals surface area contributed by atoms with Crippen molar-refractivity contribution in [3.8, 4) is 17.2 Å². The van der Waals surface area contributed by atoms with Crippen molar-refractivity contribution in [2.24, 2.45) is 0 Å². The molecule has 0 spiro atoms. The average molecular weight is 730 g/mol. The summed E-state index contributed by atoms with van der Waals surface area (Å²) in [5.41, 5.74) is -4.54. The SMILES string of the molecule is CO[C@@H]1[C@@H](O[C@@H]2C[C@@](C)(O)Cc3cc4c(c(O)c32)C(=O)c2c(O)cc3c(c2C4=O)O[C@H]2O[C@]3(C)[C@@H](O)[C@H](N(C)C)[C@H]2O)O[C@H](C)[C@@H](OC)[C@@]1(C)OC. The van der Waals surface area contributed by atoms with Crippen molar-refractivity contribution >= 4 is 11.6 Å². The van der Waals surface area contributed by atoms with E-state index in [1.54, 1.807) is 39.8 Å². The first-order valence-corrected chi connectivity index (χ1v) is 17.2. The van der Waals surface area contributed by atoms with Crippen molar-refractivity contribution in [2.45, 2.75) is 113 Å². The summed E-state index contributed by atoms with van der Waals surface area (Å²) in [6.45, 7) is 6.76. The number of aliphatic hydroxyl groups excluding tert-OH is 2. The number of nitrogens with zero attached hydrogens (tertiary/aromatic N) is 1. The molecule has 7 rings (SSSR count). The molecule has 2 fully saturated rings. The fraction of sp³-hybridized carbons (Fsp3) is 0.622. The quantitative estimate of drug-likeness (QED) is 0.244. The van der Waals surface area contributed by atoms with Crippen LogP contribution in [0.2, 0.25) is 0 Å². The van der Waals surface area contributed by atoms with Crippen LogP contribution >= 0.6 is 0 Å². The number of ether oxygens (including phenoxy) is 7. The normalized spacial score (nSPS) is 39.4. The second-order valence-corrected chi connectivity index (χ2v) is 15.4. The van der Waals surface area contributed by atoms with E-state index in [0.29, 0.717) is 5.56 Å². The Hall–Kier alpha value is -3.22. The number of ketones is 2. The van der Waals surface area contributed by atoms with Gasteiger partial charge < -0.3 is 63.6 Å². The predicted molar refractivity (Wildman–Crippen MR) is 180 cm³/mol. The molecule has 5 N–H and O–H groups in total. The molecule has 3 heterocycles. The minimum atomic E-state index is -1.55. The highest BCUT2D eigenvalue weighted by atomic mass is 16.7. The maximum absolute atomic E-state index is 14.5. The Morgan fingerprint density at radius 3 is 2.23 bits per heavy atom. The second kappa shape index (κ2) is 12.4. The van der Waals surface area contributed by atoms with Gasteiger partial charge in [0.25, 0.3) is 0 Å². The van der Waals surface area contributed by atoms with Crippen LogP contribution in [-0.2, 0) is 40.4 Å². The van der Waals surface area contributed by atoms with Crippen molar-refractivity contribution in [3.05, 3.63) is 51.1 Å². The summed E-state index contributed by atoms with van der Waals surface area (Å²) in [6.07, 6.45) is -8.03. The Morgan fingerprint density at radius 2 is 1.62 bits per heavy atom. The highest BCUT2D eigenvalue weighted by Gasteiger charge is 2.60. The molecule has 0 unspecified atom stereocenters. The summed E-state index contributed by atoms with van der Waals surface area (Å²) in [6, 6.07) is 1.82. The highest BCUT2D eigenvalue weighted by molar-refractivity contribution is 6.31. The van der Waals surface area contributed by atoms with Gasteiger partial charge in [-0.15, -0.1) is 0 Å². The third kappa shape index (κ3) is 5.09. The molecule has 0 aromatic heterocycles. The van der Waals surface area contributed by atoms with Crippen LogP contribution in [0.25, 0.3) is 0 Å². The maximum Gasteiger partial charge on any atom is 0.228 e. The van der Waals surface area contributed by atoms with Gasteiger partial charge in [-0.05, 0) is 59.5 Å². The van der Waals surface area contributed by atoms with E-state index in [4.69, 9.17) is 33.2 Å². The molecule has 284 valence electrons. The molecule has 2 aliphatic carbocycles. The number of hydrogen-bond acceptors (Lipinski definition) is 15. The Balaban J connectivity index is 1.34. The van der Waals surface area contributed by atoms with E-state index in [0.717, 1.165) is 0 Å². The maximum atomic E-state index is 14.5. The molecule has 0 radical (unpaired) electrons. The molecular weight excluding hydrogens is 682 g/mol. The number of carbonyl (C=O) groups is 2. The van der Waals surface area contributed by atoms with Crippen LogP contribution in [0.15, 0.2) is 12.1 Å². The lowest BCUT2D eigenvalue weighted by Crippen LogP contribution is -2.68. The van der Waals surface area contributed by atoms with Crippen LogP contribution in [0.4, 0.5) is 0 Å². The fourth-order valence-electron chi connectivity index (χ4n) is 9.20. The summed E-state index contributed by atoms with van der Waals surface area (Å²) in [4.78, 5) is 30.6. The molecule has 2 bridgehead atoms. The lowest BCUT2D eigenvalue weighted by atomic mass is 9.72. The van der Waals surface area contributed by atoms with Crippen LogP contribution in [0.3, 0.4) is 0 Å². The molecule has 15 heteroatoms. The van der Waals surface area contributed by atoms with Crippen molar-refractivity contribution in [1.29, 1.82) is 0 Å². The monoisotopic (exact) mass is 729 g/mol. The molecule has 12 atom stereocenters. The first-order valence-electron chi connectivity index (χ1n) is 17.2. The number of aliphatic hydroxyl groups is 3. The predicted octanol–water partition coefficient (Wildman–Crippen LogP) is 1.42. The van der Waals surface area contributed by atoms with Crippen LogP contribution in [0, 0.1) is 0 Å². The summed E-state index contributed by atoms with van der Waals surface area (Å²) >= 11 is 0. The van der Waals surface area contributed by atoms with Crippen LogP contribution in [0.5, 0.6) is 17.2 Å². The van der Waals surface area contributed by atoms with Gasteiger partial charge in [0, 0.05) is 50.9 Å². The van der Waals surface area contributed by atoms with Crippen LogP contribution in [0.1, 0.15) is 88.8 Å². The molecule has 2 aromatic carbocycles. The summed E-state index contributed by atoms with van der Waals surface area (Å²) in [5.74, 6) is -2.85. The van der Waals surface area contributed by atoms with E-state index in [1.807, 2.05) is 6.92 Å². The highest BCUT2D eigenvalue weighted by Crippen LogP contribution is 2.55. The van der Waals surface area contributed by atoms with Gasteiger partial charge in [-0.3, -0.25) is 9.59 Å². The first kappa shape index (κ1) is 37.1. The first-order chi connectivity index (χ1) is 24.3. The van der Waals surface area contributed by atoms with Gasteiger partial charge in [0.2, 0.25) is 12.1 Å². The Labute approximate surface area is 300 Å². The Morgan fingerprint density at radius 1 is 0.942 bits per heavy atom. The van der Waals surface area contributed by atoms with E-state index in [1.165, 1.54) is 33.5 Å². The number of phenols is 2. The molecule has 15 nitrogen and oxygen atoms in total. The molecule has 3 aliphatic heterocycles. The smallest absolute Gasteiger partial charge is 0.228 e. The van der Waals surface area contributed by atoms with Gasteiger partial charge in [-0.25, -0.2) is 0 Å². The van der Waals surface area contributed by atoms with Crippen molar-refractivity contribution in [1.82, 2.24) is 4.90 Å². The van der Waals surface area contributed by atoms with Crippen LogP contribution < -0.4 is 4.74 Å². The number of rotatable bonds is 6. The van der Waals surface area contributed by atoms with E-state index >= 15 is 0 Å². The Kier molecular flexibility index (Phi) is 8.86. The third-order valence-electron chi connectivity index (χ3n) is 11.8. The third-order valence-corrected chi connectivity index (χ3v) is 11.8. The number of benzene rings is 2. The van der Waals surface area contributed by atoms with Crippen molar-refractivity contribution in [2.75, 3.05) is 35.4 Å². The molecular formula is C37H47NO14. The standard InChI is InChI=1S/C37H47NO14/c1-14-31(46-7)37(4,48-9)32(47-8)34(49-14)50-19-13-35(2,45)12-15-10-16-21(26(41)20(15)19)27(42)22-18(39)11-17-29(23(22)25(16)40)51-33-28(43)24(38(5)6)30(44)36(17,3)52-33/h10-11,14,19,24,28,30-34,39,41,43-45H,12-13H2,1-9H3/t14-,19-,24-,28-,30+,31-,32-,33+,34-,35+,36+,37-/m1/s1. The minimum Gasteiger partial charge on any atom is -0.507 e. The lowest BCUT2D eigenvalue weighted by molar-refractivity contribution is -0.345. The molecule has 0 saturated carbocycles.